The summed E-state index contributed by atoms with van der Waals surface area (Å²) in [5, 5.41) is 9.92. The number of Topliss-reactive ketones (excluding diaryl/α,β-unsaturated/α-hetero) is 1. The zero-order chi connectivity index (χ0) is 14.5. The zero-order valence-electron chi connectivity index (χ0n) is 11.3. The predicted octanol–water partition coefficient (Wildman–Crippen LogP) is 3.35. The SMILES string of the molecule is COc1cccc(C=Nc2ccc(C(C)=O)cc2)c1O. The molecule has 0 amide bonds. The number of carbonyl (C=O) groups is 1. The average Bonchev–Trinajstić information content (AvgIpc) is 2.46. The molecule has 1 N–H and O–H groups in total. The molecule has 102 valence electrons. The Bertz CT molecular complexity index is 645. The highest BCUT2D eigenvalue weighted by molar-refractivity contribution is 5.94. The van der Waals surface area contributed by atoms with Gasteiger partial charge in [-0.25, -0.2) is 0 Å². The third kappa shape index (κ3) is 3.03. The molecule has 4 heteroatoms. The van der Waals surface area contributed by atoms with E-state index in [1.54, 1.807) is 48.7 Å². The molecule has 0 aromatic heterocycles. The Labute approximate surface area is 117 Å². The molecule has 0 unspecified atom stereocenters. The van der Waals surface area contributed by atoms with Crippen molar-refractivity contribution in [1.29, 1.82) is 0 Å². The van der Waals surface area contributed by atoms with Gasteiger partial charge in [0.1, 0.15) is 0 Å². The Morgan fingerprint density at radius 2 is 1.90 bits per heavy atom. The van der Waals surface area contributed by atoms with Crippen molar-refractivity contribution in [2.24, 2.45) is 4.99 Å². The van der Waals surface area contributed by atoms with Crippen LogP contribution in [0.4, 0.5) is 5.69 Å². The van der Waals surface area contributed by atoms with Gasteiger partial charge in [-0.2, -0.15) is 0 Å². The lowest BCUT2D eigenvalue weighted by atomic mass is 10.1. The molecule has 4 nitrogen and oxygen atoms in total. The molecular weight excluding hydrogens is 254 g/mol. The van der Waals surface area contributed by atoms with Gasteiger partial charge in [-0.3, -0.25) is 9.79 Å². The lowest BCUT2D eigenvalue weighted by Gasteiger charge is -2.04. The van der Waals surface area contributed by atoms with Crippen molar-refractivity contribution in [1.82, 2.24) is 0 Å². The molecular formula is C16H15NO3. The number of carbonyl (C=O) groups excluding carboxylic acids is 1. The monoisotopic (exact) mass is 269 g/mol. The summed E-state index contributed by atoms with van der Waals surface area (Å²) in [6.07, 6.45) is 1.56. The van der Waals surface area contributed by atoms with Gasteiger partial charge in [0.25, 0.3) is 0 Å². The number of ketones is 1. The molecule has 0 spiro atoms. The number of para-hydroxylation sites is 1. The number of benzene rings is 2. The third-order valence-corrected chi connectivity index (χ3v) is 2.88. The van der Waals surface area contributed by atoms with Gasteiger partial charge in [0, 0.05) is 17.3 Å². The summed E-state index contributed by atoms with van der Waals surface area (Å²) in [4.78, 5) is 15.4. The van der Waals surface area contributed by atoms with Gasteiger partial charge >= 0.3 is 0 Å². The standard InChI is InChI=1S/C16H15NO3/c1-11(18)12-6-8-14(9-7-12)17-10-13-4-3-5-15(20-2)16(13)19/h3-10,19H,1-2H3. The molecule has 2 aromatic carbocycles. The highest BCUT2D eigenvalue weighted by Crippen LogP contribution is 2.28. The van der Waals surface area contributed by atoms with Crippen molar-refractivity contribution < 1.29 is 14.6 Å². The van der Waals surface area contributed by atoms with Gasteiger partial charge in [0.05, 0.1) is 12.8 Å². The maximum absolute atomic E-state index is 11.2. The summed E-state index contributed by atoms with van der Waals surface area (Å²) < 4.78 is 5.03. The van der Waals surface area contributed by atoms with Crippen molar-refractivity contribution in [3.63, 3.8) is 0 Å². The van der Waals surface area contributed by atoms with Crippen molar-refractivity contribution in [2.45, 2.75) is 6.92 Å². The maximum Gasteiger partial charge on any atom is 0.166 e. The molecule has 0 saturated carbocycles. The first-order valence-electron chi connectivity index (χ1n) is 6.13. The van der Waals surface area contributed by atoms with E-state index in [-0.39, 0.29) is 11.5 Å². The number of phenolic OH excluding ortho intramolecular Hbond substituents is 1. The minimum atomic E-state index is 0.0194. The molecule has 0 heterocycles. The first-order chi connectivity index (χ1) is 9.61. The van der Waals surface area contributed by atoms with E-state index in [4.69, 9.17) is 4.74 Å². The Hall–Kier alpha value is -2.62. The van der Waals surface area contributed by atoms with Crippen LogP contribution in [0.3, 0.4) is 0 Å². The minimum Gasteiger partial charge on any atom is -0.504 e. The van der Waals surface area contributed by atoms with Crippen LogP contribution >= 0.6 is 0 Å². The van der Waals surface area contributed by atoms with Gasteiger partial charge in [-0.15, -0.1) is 0 Å². The van der Waals surface area contributed by atoms with Gasteiger partial charge in [-0.05, 0) is 43.3 Å². The van der Waals surface area contributed by atoms with E-state index >= 15 is 0 Å². The first kappa shape index (κ1) is 13.8. The number of phenols is 1. The Kier molecular flexibility index (Phi) is 4.15. The van der Waals surface area contributed by atoms with Gasteiger partial charge in [0.15, 0.2) is 17.3 Å². The number of aromatic hydroxyl groups is 1. The van der Waals surface area contributed by atoms with Crippen LogP contribution in [0, 0.1) is 0 Å². The quantitative estimate of drug-likeness (QED) is 0.684. The van der Waals surface area contributed by atoms with E-state index in [0.717, 1.165) is 0 Å². The first-order valence-corrected chi connectivity index (χ1v) is 6.13. The van der Waals surface area contributed by atoms with Crippen LogP contribution in [-0.4, -0.2) is 24.2 Å². The molecule has 0 fully saturated rings. The normalized spacial score (nSPS) is 10.7. The summed E-state index contributed by atoms with van der Waals surface area (Å²) >= 11 is 0. The summed E-state index contributed by atoms with van der Waals surface area (Å²) in [6, 6.07) is 12.1. The van der Waals surface area contributed by atoms with Gasteiger partial charge in [-0.1, -0.05) is 6.07 Å². The fourth-order valence-corrected chi connectivity index (χ4v) is 1.73. The lowest BCUT2D eigenvalue weighted by molar-refractivity contribution is 0.101. The van der Waals surface area contributed by atoms with Crippen LogP contribution in [0.2, 0.25) is 0 Å². The molecule has 0 aliphatic rings. The fraction of sp³-hybridized carbons (Fsp3) is 0.125. The van der Waals surface area contributed by atoms with Crippen LogP contribution in [0.15, 0.2) is 47.5 Å². The number of hydrogen-bond acceptors (Lipinski definition) is 4. The van der Waals surface area contributed by atoms with Crippen LogP contribution in [0.1, 0.15) is 22.8 Å². The second kappa shape index (κ2) is 6.02. The highest BCUT2D eigenvalue weighted by atomic mass is 16.5. The number of methoxy groups -OCH3 is 1. The lowest BCUT2D eigenvalue weighted by Crippen LogP contribution is -1.90. The van der Waals surface area contributed by atoms with Crippen LogP contribution < -0.4 is 4.74 Å². The number of rotatable bonds is 4. The van der Waals surface area contributed by atoms with Crippen LogP contribution in [0.5, 0.6) is 11.5 Å². The maximum atomic E-state index is 11.2. The van der Waals surface area contributed by atoms with Crippen LogP contribution in [0.25, 0.3) is 0 Å². The van der Waals surface area contributed by atoms with E-state index in [0.29, 0.717) is 22.6 Å². The zero-order valence-corrected chi connectivity index (χ0v) is 11.3. The molecule has 2 rings (SSSR count). The van der Waals surface area contributed by atoms with Crippen molar-refractivity contribution in [3.05, 3.63) is 53.6 Å². The Morgan fingerprint density at radius 3 is 2.50 bits per heavy atom. The summed E-state index contributed by atoms with van der Waals surface area (Å²) in [5.74, 6) is 0.478. The van der Waals surface area contributed by atoms with E-state index in [9.17, 15) is 9.90 Å². The van der Waals surface area contributed by atoms with Crippen molar-refractivity contribution >= 4 is 17.7 Å². The van der Waals surface area contributed by atoms with Gasteiger partial charge < -0.3 is 9.84 Å². The summed E-state index contributed by atoms with van der Waals surface area (Å²) in [7, 11) is 1.50. The number of aliphatic imine (C=N–C) groups is 1. The Morgan fingerprint density at radius 1 is 1.20 bits per heavy atom. The molecule has 0 atom stereocenters. The number of nitrogens with zero attached hydrogens (tertiary/aromatic N) is 1. The highest BCUT2D eigenvalue weighted by Gasteiger charge is 2.04. The predicted molar refractivity (Wildman–Crippen MR) is 78.4 cm³/mol. The molecule has 0 saturated heterocycles. The fourth-order valence-electron chi connectivity index (χ4n) is 1.73. The largest absolute Gasteiger partial charge is 0.504 e. The average molecular weight is 269 g/mol. The molecule has 2 aromatic rings. The van der Waals surface area contributed by atoms with E-state index in [2.05, 4.69) is 4.99 Å². The summed E-state index contributed by atoms with van der Waals surface area (Å²) in [5.41, 5.74) is 1.92. The Balaban J connectivity index is 2.23. The second-order valence-electron chi connectivity index (χ2n) is 4.26. The van der Waals surface area contributed by atoms with Gasteiger partial charge in [0.2, 0.25) is 0 Å². The molecule has 0 aliphatic carbocycles. The van der Waals surface area contributed by atoms with Crippen molar-refractivity contribution in [2.75, 3.05) is 7.11 Å². The molecule has 0 radical (unpaired) electrons. The smallest absolute Gasteiger partial charge is 0.166 e. The summed E-state index contributed by atoms with van der Waals surface area (Å²) in [6.45, 7) is 1.52. The topological polar surface area (TPSA) is 58.9 Å². The van der Waals surface area contributed by atoms with Crippen LogP contribution in [-0.2, 0) is 0 Å². The molecule has 0 bridgehead atoms. The van der Waals surface area contributed by atoms with E-state index in [1.807, 2.05) is 0 Å². The number of hydrogen-bond donors (Lipinski definition) is 1. The van der Waals surface area contributed by atoms with Crippen molar-refractivity contribution in [3.8, 4) is 11.5 Å². The van der Waals surface area contributed by atoms with E-state index in [1.165, 1.54) is 14.0 Å². The molecule has 0 aliphatic heterocycles. The van der Waals surface area contributed by atoms with E-state index < -0.39 is 0 Å². The third-order valence-electron chi connectivity index (χ3n) is 2.88. The second-order valence-corrected chi connectivity index (χ2v) is 4.26. The molecule has 20 heavy (non-hydrogen) atoms. The number of ether oxygens (including phenoxy) is 1. The minimum absolute atomic E-state index is 0.0194.